The highest BCUT2D eigenvalue weighted by atomic mass is 32.1. The molecule has 146 valence electrons. The zero-order valence-corrected chi connectivity index (χ0v) is 16.6. The molecule has 0 unspecified atom stereocenters. The van der Waals surface area contributed by atoms with Crippen molar-refractivity contribution in [2.45, 2.75) is 19.6 Å². The number of anilines is 1. The quantitative estimate of drug-likeness (QED) is 0.529. The predicted molar refractivity (Wildman–Crippen MR) is 112 cm³/mol. The Morgan fingerprint density at radius 2 is 2.14 bits per heavy atom. The van der Waals surface area contributed by atoms with Crippen molar-refractivity contribution >= 4 is 34.0 Å². The number of rotatable bonds is 5. The van der Waals surface area contributed by atoms with Crippen LogP contribution in [0.25, 0.3) is 16.9 Å². The minimum absolute atomic E-state index is 0.436. The lowest BCUT2D eigenvalue weighted by molar-refractivity contribution is 0.100. The lowest BCUT2D eigenvalue weighted by atomic mass is 10.1. The normalized spacial score (nSPS) is 13.7. The largest absolute Gasteiger partial charge is 0.366 e. The first-order valence-corrected chi connectivity index (χ1v) is 10.1. The molecule has 0 bridgehead atoms. The number of carbonyl (C=O) groups excluding carboxylic acids is 1. The van der Waals surface area contributed by atoms with E-state index in [2.05, 4.69) is 33.8 Å². The van der Waals surface area contributed by atoms with Crippen LogP contribution in [0.2, 0.25) is 0 Å². The molecule has 4 heterocycles. The number of aromatic nitrogens is 4. The van der Waals surface area contributed by atoms with Crippen molar-refractivity contribution in [3.05, 3.63) is 63.6 Å². The molecule has 1 amide bonds. The fourth-order valence-corrected chi connectivity index (χ4v) is 4.29. The summed E-state index contributed by atoms with van der Waals surface area (Å²) in [5.74, 6) is 0.812. The molecule has 5 rings (SSSR count). The van der Waals surface area contributed by atoms with Gasteiger partial charge in [-0.05, 0) is 30.6 Å². The van der Waals surface area contributed by atoms with E-state index in [0.29, 0.717) is 23.4 Å². The van der Waals surface area contributed by atoms with Crippen LogP contribution in [-0.4, -0.2) is 37.6 Å². The third-order valence-electron chi connectivity index (χ3n) is 5.01. The number of amides is 1. The number of thiophene rings is 1. The van der Waals surface area contributed by atoms with Crippen LogP contribution in [0.3, 0.4) is 0 Å². The van der Waals surface area contributed by atoms with Gasteiger partial charge in [0.15, 0.2) is 0 Å². The third kappa shape index (κ3) is 3.14. The van der Waals surface area contributed by atoms with Crippen molar-refractivity contribution in [3.8, 4) is 5.95 Å². The van der Waals surface area contributed by atoms with Crippen LogP contribution in [0, 0.1) is 0 Å². The van der Waals surface area contributed by atoms with Crippen LogP contribution in [0.15, 0.2) is 41.9 Å². The second kappa shape index (κ2) is 6.94. The lowest BCUT2D eigenvalue weighted by Gasteiger charge is -2.12. The summed E-state index contributed by atoms with van der Waals surface area (Å²) in [6, 6.07) is 9.51. The highest BCUT2D eigenvalue weighted by Crippen LogP contribution is 2.28. The number of primary amides is 1. The van der Waals surface area contributed by atoms with Crippen molar-refractivity contribution in [1.82, 2.24) is 24.6 Å². The Morgan fingerprint density at radius 1 is 1.24 bits per heavy atom. The molecule has 0 fully saturated rings. The monoisotopic (exact) mass is 405 g/mol. The maximum Gasteiger partial charge on any atom is 0.253 e. The zero-order chi connectivity index (χ0) is 20.0. The Morgan fingerprint density at radius 3 is 2.93 bits per heavy atom. The molecule has 1 aliphatic rings. The van der Waals surface area contributed by atoms with Crippen molar-refractivity contribution in [3.63, 3.8) is 0 Å². The van der Waals surface area contributed by atoms with Gasteiger partial charge in [-0.25, -0.2) is 4.98 Å². The third-order valence-corrected chi connectivity index (χ3v) is 5.88. The SMILES string of the molecule is CN1Cc2nc(-n3ncc4c(C(N)=O)cccc43)nc(NCc3cccs3)c2C1. The molecule has 4 aromatic rings. The van der Waals surface area contributed by atoms with E-state index in [1.165, 1.54) is 4.88 Å². The van der Waals surface area contributed by atoms with Crippen LogP contribution in [0.4, 0.5) is 5.82 Å². The second-order valence-corrected chi connectivity index (χ2v) is 8.09. The standard InChI is InChI=1S/C20H19N7OS/c1-26-10-15-16(11-26)24-20(25-19(15)22-8-12-4-3-7-29-12)27-17-6-2-5-13(18(21)28)14(17)9-23-27/h2-7,9H,8,10-11H2,1H3,(H2,21,28)(H,22,24,25). The molecular formula is C20H19N7OS. The summed E-state index contributed by atoms with van der Waals surface area (Å²) in [5.41, 5.74) is 8.79. The second-order valence-electron chi connectivity index (χ2n) is 7.06. The summed E-state index contributed by atoms with van der Waals surface area (Å²) < 4.78 is 1.66. The van der Waals surface area contributed by atoms with Gasteiger partial charge in [0.1, 0.15) is 5.82 Å². The Kier molecular flexibility index (Phi) is 4.26. The summed E-state index contributed by atoms with van der Waals surface area (Å²) >= 11 is 1.71. The average Bonchev–Trinajstić information content (AvgIpc) is 3.44. The Balaban J connectivity index is 1.60. The van der Waals surface area contributed by atoms with E-state index in [1.807, 2.05) is 12.1 Å². The minimum Gasteiger partial charge on any atom is -0.366 e. The van der Waals surface area contributed by atoms with E-state index in [0.717, 1.165) is 35.7 Å². The van der Waals surface area contributed by atoms with Gasteiger partial charge in [-0.15, -0.1) is 11.3 Å². The van der Waals surface area contributed by atoms with Gasteiger partial charge in [0, 0.05) is 28.9 Å². The van der Waals surface area contributed by atoms with Gasteiger partial charge in [0.25, 0.3) is 5.95 Å². The van der Waals surface area contributed by atoms with Crippen LogP contribution in [-0.2, 0) is 19.6 Å². The summed E-state index contributed by atoms with van der Waals surface area (Å²) in [5, 5.41) is 10.7. The number of nitrogens with two attached hydrogens (primary N) is 1. The number of fused-ring (bicyclic) bond motifs is 2. The fourth-order valence-electron chi connectivity index (χ4n) is 3.65. The number of nitrogens with zero attached hydrogens (tertiary/aromatic N) is 5. The summed E-state index contributed by atoms with van der Waals surface area (Å²) in [7, 11) is 2.06. The number of carbonyl (C=O) groups is 1. The first kappa shape index (κ1) is 17.8. The minimum atomic E-state index is -0.482. The molecule has 1 aromatic carbocycles. The van der Waals surface area contributed by atoms with Gasteiger partial charge in [0.2, 0.25) is 5.91 Å². The first-order valence-electron chi connectivity index (χ1n) is 9.21. The number of hydrogen-bond acceptors (Lipinski definition) is 7. The van der Waals surface area contributed by atoms with E-state index >= 15 is 0 Å². The van der Waals surface area contributed by atoms with Crippen LogP contribution in [0.1, 0.15) is 26.5 Å². The molecule has 0 saturated heterocycles. The smallest absolute Gasteiger partial charge is 0.253 e. The summed E-state index contributed by atoms with van der Waals surface area (Å²) in [4.78, 5) is 24.7. The zero-order valence-electron chi connectivity index (χ0n) is 15.8. The lowest BCUT2D eigenvalue weighted by Crippen LogP contribution is -2.12. The van der Waals surface area contributed by atoms with Crippen molar-refractivity contribution in [1.29, 1.82) is 0 Å². The Hall–Kier alpha value is -3.30. The highest BCUT2D eigenvalue weighted by molar-refractivity contribution is 7.09. The van der Waals surface area contributed by atoms with E-state index < -0.39 is 5.91 Å². The first-order chi connectivity index (χ1) is 14.1. The molecule has 8 nitrogen and oxygen atoms in total. The molecular weight excluding hydrogens is 386 g/mol. The molecule has 0 atom stereocenters. The van der Waals surface area contributed by atoms with Crippen LogP contribution >= 0.6 is 11.3 Å². The molecule has 0 radical (unpaired) electrons. The van der Waals surface area contributed by atoms with Gasteiger partial charge in [-0.3, -0.25) is 9.69 Å². The number of nitrogens with one attached hydrogen (secondary N) is 1. The predicted octanol–water partition coefficient (Wildman–Crippen LogP) is 2.53. The fraction of sp³-hybridized carbons (Fsp3) is 0.200. The molecule has 9 heteroatoms. The molecule has 0 spiro atoms. The molecule has 3 aromatic heterocycles. The summed E-state index contributed by atoms with van der Waals surface area (Å²) in [6.45, 7) is 2.26. The number of hydrogen-bond donors (Lipinski definition) is 2. The van der Waals surface area contributed by atoms with E-state index in [1.54, 1.807) is 34.3 Å². The molecule has 0 saturated carbocycles. The van der Waals surface area contributed by atoms with Gasteiger partial charge < -0.3 is 11.1 Å². The maximum absolute atomic E-state index is 11.7. The summed E-state index contributed by atoms with van der Waals surface area (Å²) in [6.07, 6.45) is 1.64. The van der Waals surface area contributed by atoms with Crippen molar-refractivity contribution in [2.75, 3.05) is 12.4 Å². The van der Waals surface area contributed by atoms with Gasteiger partial charge in [0.05, 0.1) is 29.5 Å². The Bertz CT molecular complexity index is 1220. The van der Waals surface area contributed by atoms with Gasteiger partial charge in [-0.1, -0.05) is 12.1 Å². The van der Waals surface area contributed by atoms with Crippen molar-refractivity contribution < 1.29 is 4.79 Å². The number of benzene rings is 1. The average molecular weight is 405 g/mol. The van der Waals surface area contributed by atoms with Crippen molar-refractivity contribution in [2.24, 2.45) is 5.73 Å². The van der Waals surface area contributed by atoms with E-state index in [9.17, 15) is 4.79 Å². The van der Waals surface area contributed by atoms with E-state index in [-0.39, 0.29) is 0 Å². The molecule has 29 heavy (non-hydrogen) atoms. The van der Waals surface area contributed by atoms with Crippen LogP contribution in [0.5, 0.6) is 0 Å². The molecule has 0 aliphatic carbocycles. The van der Waals surface area contributed by atoms with Gasteiger partial charge >= 0.3 is 0 Å². The highest BCUT2D eigenvalue weighted by Gasteiger charge is 2.24. The van der Waals surface area contributed by atoms with Crippen LogP contribution < -0.4 is 11.1 Å². The maximum atomic E-state index is 11.7. The van der Waals surface area contributed by atoms with E-state index in [4.69, 9.17) is 15.7 Å². The molecule has 1 aliphatic heterocycles. The Labute approximate surface area is 171 Å². The van der Waals surface area contributed by atoms with Gasteiger partial charge in [-0.2, -0.15) is 14.8 Å². The topological polar surface area (TPSA) is 102 Å². The molecule has 3 N–H and O–H groups in total.